The molecule has 5 heteroatoms. The van der Waals surface area contributed by atoms with E-state index in [-0.39, 0.29) is 18.2 Å². The zero-order chi connectivity index (χ0) is 17.2. The molecule has 0 aliphatic heterocycles. The number of ether oxygens (including phenoxy) is 1. The quantitative estimate of drug-likeness (QED) is 0.574. The van der Waals surface area contributed by atoms with Gasteiger partial charge in [0, 0.05) is 12.2 Å². The molecule has 2 aromatic carbocycles. The van der Waals surface area contributed by atoms with Crippen LogP contribution in [0.4, 0.5) is 5.69 Å². The van der Waals surface area contributed by atoms with Gasteiger partial charge in [0.15, 0.2) is 0 Å². The molecular weight excluding hydrogens is 304 g/mol. The molecule has 0 atom stereocenters. The Bertz CT molecular complexity index is 654. The van der Waals surface area contributed by atoms with Crippen LogP contribution in [0.3, 0.4) is 0 Å². The fourth-order valence-electron chi connectivity index (χ4n) is 2.05. The molecule has 2 amide bonds. The van der Waals surface area contributed by atoms with Crippen LogP contribution in [0, 0.1) is 0 Å². The fraction of sp³-hybridized carbons (Fsp3) is 0.263. The van der Waals surface area contributed by atoms with E-state index in [1.165, 1.54) is 0 Å². The third-order valence-electron chi connectivity index (χ3n) is 3.29. The van der Waals surface area contributed by atoms with E-state index in [1.54, 1.807) is 24.3 Å². The number of unbranched alkanes of at least 4 members (excludes halogenated alkanes) is 1. The highest BCUT2D eigenvalue weighted by Crippen LogP contribution is 2.22. The molecule has 0 spiro atoms. The maximum atomic E-state index is 11.8. The first kappa shape index (κ1) is 17.5. The van der Waals surface area contributed by atoms with Crippen molar-refractivity contribution in [1.29, 1.82) is 0 Å². The predicted octanol–water partition coefficient (Wildman–Crippen LogP) is 3.72. The summed E-state index contributed by atoms with van der Waals surface area (Å²) in [7, 11) is 0. The minimum atomic E-state index is -0.333. The monoisotopic (exact) mass is 326 g/mol. The summed E-state index contributed by atoms with van der Waals surface area (Å²) in [6.07, 6.45) is 1.74. The lowest BCUT2D eigenvalue weighted by atomic mass is 10.2. The molecule has 0 fully saturated rings. The second kappa shape index (κ2) is 9.35. The van der Waals surface area contributed by atoms with Crippen LogP contribution in [-0.4, -0.2) is 18.4 Å². The van der Waals surface area contributed by atoms with Crippen molar-refractivity contribution in [3.05, 3.63) is 54.6 Å². The zero-order valence-electron chi connectivity index (χ0n) is 13.7. The largest absolute Gasteiger partial charge is 0.457 e. The number of nitrogens with one attached hydrogen (secondary N) is 2. The summed E-state index contributed by atoms with van der Waals surface area (Å²) in [5.74, 6) is 0.834. The Hall–Kier alpha value is -2.82. The molecule has 0 unspecified atom stereocenters. The van der Waals surface area contributed by atoms with E-state index >= 15 is 0 Å². The summed E-state index contributed by atoms with van der Waals surface area (Å²) < 4.78 is 5.68. The number of carbonyl (C=O) groups excluding carboxylic acids is 2. The molecule has 0 heterocycles. The van der Waals surface area contributed by atoms with Gasteiger partial charge < -0.3 is 15.4 Å². The topological polar surface area (TPSA) is 67.4 Å². The SMILES string of the molecule is CCCCNC(=O)CC(=O)Nc1ccc(Oc2ccccc2)cc1. The molecule has 2 N–H and O–H groups in total. The summed E-state index contributed by atoms with van der Waals surface area (Å²) in [6.45, 7) is 2.65. The molecule has 2 rings (SSSR count). The maximum absolute atomic E-state index is 11.8. The van der Waals surface area contributed by atoms with Gasteiger partial charge in [-0.2, -0.15) is 0 Å². The smallest absolute Gasteiger partial charge is 0.233 e. The zero-order valence-corrected chi connectivity index (χ0v) is 13.7. The molecule has 0 aliphatic carbocycles. The first-order valence-electron chi connectivity index (χ1n) is 8.07. The molecule has 0 bridgehead atoms. The Labute approximate surface area is 142 Å². The van der Waals surface area contributed by atoms with Gasteiger partial charge >= 0.3 is 0 Å². The summed E-state index contributed by atoms with van der Waals surface area (Å²) in [5, 5.41) is 5.42. The Balaban J connectivity index is 1.80. The Morgan fingerprint density at radius 3 is 2.25 bits per heavy atom. The third kappa shape index (κ3) is 6.12. The summed E-state index contributed by atoms with van der Waals surface area (Å²) >= 11 is 0. The van der Waals surface area contributed by atoms with E-state index < -0.39 is 0 Å². The molecule has 126 valence electrons. The highest BCUT2D eigenvalue weighted by molar-refractivity contribution is 6.03. The van der Waals surface area contributed by atoms with Gasteiger partial charge in [0.2, 0.25) is 11.8 Å². The van der Waals surface area contributed by atoms with Gasteiger partial charge in [0.25, 0.3) is 0 Å². The van der Waals surface area contributed by atoms with Crippen molar-refractivity contribution in [1.82, 2.24) is 5.32 Å². The Morgan fingerprint density at radius 2 is 1.58 bits per heavy atom. The average Bonchev–Trinajstić information content (AvgIpc) is 2.58. The number of hydrogen-bond acceptors (Lipinski definition) is 3. The number of hydrogen-bond donors (Lipinski definition) is 2. The van der Waals surface area contributed by atoms with Crippen molar-refractivity contribution >= 4 is 17.5 Å². The number of carbonyl (C=O) groups is 2. The number of benzene rings is 2. The Kier molecular flexibility index (Phi) is 6.83. The molecular formula is C19H22N2O3. The van der Waals surface area contributed by atoms with Crippen LogP contribution >= 0.6 is 0 Å². The highest BCUT2D eigenvalue weighted by Gasteiger charge is 2.09. The first-order valence-corrected chi connectivity index (χ1v) is 8.07. The van der Waals surface area contributed by atoms with Gasteiger partial charge in [-0.3, -0.25) is 9.59 Å². The normalized spacial score (nSPS) is 10.0. The second-order valence-electron chi connectivity index (χ2n) is 5.37. The highest BCUT2D eigenvalue weighted by atomic mass is 16.5. The van der Waals surface area contributed by atoms with Gasteiger partial charge in [-0.15, -0.1) is 0 Å². The molecule has 24 heavy (non-hydrogen) atoms. The molecule has 0 radical (unpaired) electrons. The van der Waals surface area contributed by atoms with Crippen LogP contribution in [0.25, 0.3) is 0 Å². The van der Waals surface area contributed by atoms with Crippen LogP contribution in [-0.2, 0) is 9.59 Å². The van der Waals surface area contributed by atoms with Crippen molar-refractivity contribution in [3.63, 3.8) is 0 Å². The predicted molar refractivity (Wildman–Crippen MR) is 94.1 cm³/mol. The van der Waals surface area contributed by atoms with E-state index in [0.29, 0.717) is 18.0 Å². The van der Waals surface area contributed by atoms with Gasteiger partial charge in [0.1, 0.15) is 17.9 Å². The van der Waals surface area contributed by atoms with Gasteiger partial charge in [-0.05, 0) is 42.8 Å². The minimum Gasteiger partial charge on any atom is -0.457 e. The number of anilines is 1. The van der Waals surface area contributed by atoms with Crippen molar-refractivity contribution < 1.29 is 14.3 Å². The first-order chi connectivity index (χ1) is 11.7. The summed E-state index contributed by atoms with van der Waals surface area (Å²) in [5.41, 5.74) is 0.627. The lowest BCUT2D eigenvalue weighted by Crippen LogP contribution is -2.28. The van der Waals surface area contributed by atoms with Crippen LogP contribution in [0.15, 0.2) is 54.6 Å². The lowest BCUT2D eigenvalue weighted by Gasteiger charge is -2.08. The second-order valence-corrected chi connectivity index (χ2v) is 5.37. The van der Waals surface area contributed by atoms with Gasteiger partial charge in [-0.1, -0.05) is 31.5 Å². The number of amides is 2. The van der Waals surface area contributed by atoms with Crippen molar-refractivity contribution in [2.45, 2.75) is 26.2 Å². The molecule has 2 aromatic rings. The van der Waals surface area contributed by atoms with Crippen LogP contribution in [0.1, 0.15) is 26.2 Å². The fourth-order valence-corrected chi connectivity index (χ4v) is 2.05. The number of rotatable bonds is 8. The van der Waals surface area contributed by atoms with E-state index in [2.05, 4.69) is 10.6 Å². The molecule has 0 saturated heterocycles. The Morgan fingerprint density at radius 1 is 0.917 bits per heavy atom. The van der Waals surface area contributed by atoms with Crippen molar-refractivity contribution in [2.24, 2.45) is 0 Å². The average molecular weight is 326 g/mol. The number of para-hydroxylation sites is 1. The van der Waals surface area contributed by atoms with E-state index in [4.69, 9.17) is 4.74 Å². The van der Waals surface area contributed by atoms with E-state index in [0.717, 1.165) is 18.6 Å². The third-order valence-corrected chi connectivity index (χ3v) is 3.29. The summed E-state index contributed by atoms with van der Waals surface area (Å²) in [6, 6.07) is 16.5. The lowest BCUT2D eigenvalue weighted by molar-refractivity contribution is -0.126. The van der Waals surface area contributed by atoms with Gasteiger partial charge in [-0.25, -0.2) is 0 Å². The standard InChI is InChI=1S/C19H22N2O3/c1-2-3-13-20-18(22)14-19(23)21-15-9-11-17(12-10-15)24-16-7-5-4-6-8-16/h4-12H,2-3,13-14H2,1H3,(H,20,22)(H,21,23). The molecule has 0 aromatic heterocycles. The van der Waals surface area contributed by atoms with Crippen LogP contribution < -0.4 is 15.4 Å². The molecule has 5 nitrogen and oxygen atoms in total. The van der Waals surface area contributed by atoms with Crippen molar-refractivity contribution in [2.75, 3.05) is 11.9 Å². The van der Waals surface area contributed by atoms with Crippen molar-refractivity contribution in [3.8, 4) is 11.5 Å². The summed E-state index contributed by atoms with van der Waals surface area (Å²) in [4.78, 5) is 23.4. The van der Waals surface area contributed by atoms with E-state index in [1.807, 2.05) is 37.3 Å². The maximum Gasteiger partial charge on any atom is 0.233 e. The molecule has 0 saturated carbocycles. The van der Waals surface area contributed by atoms with E-state index in [9.17, 15) is 9.59 Å². The van der Waals surface area contributed by atoms with Crippen LogP contribution in [0.2, 0.25) is 0 Å². The molecule has 0 aliphatic rings. The van der Waals surface area contributed by atoms with Gasteiger partial charge in [0.05, 0.1) is 0 Å². The minimum absolute atomic E-state index is 0.175. The van der Waals surface area contributed by atoms with Crippen LogP contribution in [0.5, 0.6) is 11.5 Å².